The van der Waals surface area contributed by atoms with Gasteiger partial charge < -0.3 is 29.6 Å². The van der Waals surface area contributed by atoms with Crippen LogP contribution in [0.3, 0.4) is 0 Å². The van der Waals surface area contributed by atoms with Crippen LogP contribution in [0.15, 0.2) is 18.2 Å². The Labute approximate surface area is 129 Å². The monoisotopic (exact) mass is 310 g/mol. The fourth-order valence-corrected chi connectivity index (χ4v) is 2.06. The molecule has 1 aromatic carbocycles. The van der Waals surface area contributed by atoms with E-state index in [1.54, 1.807) is 32.4 Å². The Balaban J connectivity index is 2.00. The van der Waals surface area contributed by atoms with Gasteiger partial charge in [0.1, 0.15) is 12.7 Å². The molecule has 22 heavy (non-hydrogen) atoms. The van der Waals surface area contributed by atoms with Gasteiger partial charge in [-0.3, -0.25) is 4.79 Å². The van der Waals surface area contributed by atoms with E-state index in [-0.39, 0.29) is 5.91 Å². The van der Waals surface area contributed by atoms with Crippen molar-refractivity contribution in [3.05, 3.63) is 18.2 Å². The molecule has 7 nitrogen and oxygen atoms in total. The molecular weight excluding hydrogens is 288 g/mol. The Hall–Kier alpha value is -1.83. The molecule has 2 rings (SSSR count). The average molecular weight is 310 g/mol. The van der Waals surface area contributed by atoms with Gasteiger partial charge in [0.25, 0.3) is 5.91 Å². The molecule has 1 fully saturated rings. The highest BCUT2D eigenvalue weighted by atomic mass is 16.5. The first kappa shape index (κ1) is 16.5. The summed E-state index contributed by atoms with van der Waals surface area (Å²) < 4.78 is 21.2. The molecule has 0 aliphatic carbocycles. The van der Waals surface area contributed by atoms with Gasteiger partial charge in [-0.2, -0.15) is 0 Å². The molecule has 0 aromatic heterocycles. The van der Waals surface area contributed by atoms with Crippen molar-refractivity contribution in [2.75, 3.05) is 52.4 Å². The Bertz CT molecular complexity index is 489. The average Bonchev–Trinajstić information content (AvgIpc) is 2.56. The third-order valence-corrected chi connectivity index (χ3v) is 3.20. The molecule has 1 heterocycles. The van der Waals surface area contributed by atoms with Crippen molar-refractivity contribution in [2.24, 2.45) is 0 Å². The van der Waals surface area contributed by atoms with Crippen molar-refractivity contribution >= 4 is 11.6 Å². The van der Waals surface area contributed by atoms with E-state index in [1.807, 2.05) is 0 Å². The molecule has 0 bridgehead atoms. The van der Waals surface area contributed by atoms with E-state index in [0.717, 1.165) is 6.54 Å². The van der Waals surface area contributed by atoms with Gasteiger partial charge in [-0.15, -0.1) is 0 Å². The lowest BCUT2D eigenvalue weighted by Crippen LogP contribution is -2.45. The minimum Gasteiger partial charge on any atom is -0.493 e. The number of ether oxygens (including phenoxy) is 4. The quantitative estimate of drug-likeness (QED) is 0.720. The lowest BCUT2D eigenvalue weighted by molar-refractivity contribution is -0.128. The molecule has 0 saturated carbocycles. The van der Waals surface area contributed by atoms with Gasteiger partial charge in [-0.25, -0.2) is 0 Å². The number of carbonyl (C=O) groups excluding carboxylic acids is 1. The second kappa shape index (κ2) is 8.57. The highest BCUT2D eigenvalue weighted by Crippen LogP contribution is 2.30. The minimum atomic E-state index is -0.478. The van der Waals surface area contributed by atoms with Gasteiger partial charge in [0.05, 0.1) is 20.3 Å². The van der Waals surface area contributed by atoms with Crippen LogP contribution in [0.1, 0.15) is 0 Å². The zero-order chi connectivity index (χ0) is 15.8. The molecule has 0 radical (unpaired) electrons. The molecule has 0 spiro atoms. The fourth-order valence-electron chi connectivity index (χ4n) is 2.06. The number of nitrogens with one attached hydrogen (secondary N) is 2. The van der Waals surface area contributed by atoms with E-state index < -0.39 is 6.10 Å². The Morgan fingerprint density at radius 3 is 2.91 bits per heavy atom. The van der Waals surface area contributed by atoms with Crippen LogP contribution in [0.2, 0.25) is 0 Å². The van der Waals surface area contributed by atoms with Crippen LogP contribution >= 0.6 is 0 Å². The minimum absolute atomic E-state index is 0.180. The zero-order valence-electron chi connectivity index (χ0n) is 12.9. The summed E-state index contributed by atoms with van der Waals surface area (Å²) in [6, 6.07) is 5.23. The number of rotatable bonds is 7. The first-order valence-electron chi connectivity index (χ1n) is 7.17. The molecule has 1 aliphatic heterocycles. The maximum Gasteiger partial charge on any atom is 0.254 e. The van der Waals surface area contributed by atoms with Crippen LogP contribution in [0.5, 0.6) is 11.5 Å². The van der Waals surface area contributed by atoms with Gasteiger partial charge in [-0.1, -0.05) is 0 Å². The summed E-state index contributed by atoms with van der Waals surface area (Å²) in [5, 5.41) is 5.94. The summed E-state index contributed by atoms with van der Waals surface area (Å²) in [5.41, 5.74) is 0.632. The van der Waals surface area contributed by atoms with Crippen LogP contribution in [0.25, 0.3) is 0 Å². The van der Waals surface area contributed by atoms with Gasteiger partial charge in [0, 0.05) is 32.0 Å². The van der Waals surface area contributed by atoms with Crippen molar-refractivity contribution in [3.63, 3.8) is 0 Å². The molecule has 1 aromatic rings. The summed E-state index contributed by atoms with van der Waals surface area (Å²) in [6.07, 6.45) is -0.478. The summed E-state index contributed by atoms with van der Waals surface area (Å²) in [7, 11) is 3.17. The lowest BCUT2D eigenvalue weighted by Gasteiger charge is -2.23. The fraction of sp³-hybridized carbons (Fsp3) is 0.533. The number of morpholine rings is 1. The van der Waals surface area contributed by atoms with Crippen molar-refractivity contribution in [1.82, 2.24) is 5.32 Å². The second-order valence-corrected chi connectivity index (χ2v) is 4.76. The summed E-state index contributed by atoms with van der Waals surface area (Å²) >= 11 is 0. The molecule has 1 saturated heterocycles. The van der Waals surface area contributed by atoms with E-state index in [9.17, 15) is 4.79 Å². The van der Waals surface area contributed by atoms with E-state index >= 15 is 0 Å². The zero-order valence-corrected chi connectivity index (χ0v) is 12.9. The molecule has 1 amide bonds. The molecule has 7 heteroatoms. The van der Waals surface area contributed by atoms with Crippen LogP contribution < -0.4 is 20.1 Å². The Morgan fingerprint density at radius 1 is 1.36 bits per heavy atom. The van der Waals surface area contributed by atoms with E-state index in [2.05, 4.69) is 10.6 Å². The number of hydrogen-bond acceptors (Lipinski definition) is 6. The molecule has 2 N–H and O–H groups in total. The summed E-state index contributed by atoms with van der Waals surface area (Å²) in [4.78, 5) is 12.1. The predicted octanol–water partition coefficient (Wildman–Crippen LogP) is 0.647. The van der Waals surface area contributed by atoms with Gasteiger partial charge in [0.2, 0.25) is 0 Å². The van der Waals surface area contributed by atoms with Crippen molar-refractivity contribution in [1.29, 1.82) is 0 Å². The predicted molar refractivity (Wildman–Crippen MR) is 81.6 cm³/mol. The van der Waals surface area contributed by atoms with E-state index in [0.29, 0.717) is 43.6 Å². The Morgan fingerprint density at radius 2 is 2.23 bits per heavy atom. The molecule has 1 atom stereocenters. The summed E-state index contributed by atoms with van der Waals surface area (Å²) in [6.45, 7) is 2.69. The number of carbonyl (C=O) groups is 1. The lowest BCUT2D eigenvalue weighted by atomic mass is 10.2. The highest BCUT2D eigenvalue weighted by molar-refractivity contribution is 5.94. The standard InChI is InChI=1S/C15H22N2O5/c1-19-7-8-22-13-9-11(3-4-12(13)20-2)17-15(18)14-10-16-5-6-21-14/h3-4,9,14,16H,5-8,10H2,1-2H3,(H,17,18). The number of anilines is 1. The molecule has 1 aliphatic rings. The molecule has 1 unspecified atom stereocenters. The van der Waals surface area contributed by atoms with Crippen LogP contribution in [-0.4, -0.2) is 59.1 Å². The molecular formula is C15H22N2O5. The topological polar surface area (TPSA) is 78.1 Å². The third-order valence-electron chi connectivity index (χ3n) is 3.20. The Kier molecular flexibility index (Phi) is 6.45. The SMILES string of the molecule is COCCOc1cc(NC(=O)C2CNCCO2)ccc1OC. The van der Waals surface area contributed by atoms with Gasteiger partial charge >= 0.3 is 0 Å². The number of amides is 1. The van der Waals surface area contributed by atoms with Crippen molar-refractivity contribution in [2.45, 2.75) is 6.10 Å². The number of methoxy groups -OCH3 is 2. The molecule has 122 valence electrons. The normalized spacial score (nSPS) is 17.8. The van der Waals surface area contributed by atoms with Crippen LogP contribution in [-0.2, 0) is 14.3 Å². The first-order valence-corrected chi connectivity index (χ1v) is 7.17. The van der Waals surface area contributed by atoms with Crippen LogP contribution in [0, 0.1) is 0 Å². The number of hydrogen-bond donors (Lipinski definition) is 2. The largest absolute Gasteiger partial charge is 0.493 e. The van der Waals surface area contributed by atoms with Crippen molar-refractivity contribution < 1.29 is 23.7 Å². The summed E-state index contributed by atoms with van der Waals surface area (Å²) in [5.74, 6) is 0.977. The van der Waals surface area contributed by atoms with Gasteiger partial charge in [0.15, 0.2) is 11.5 Å². The van der Waals surface area contributed by atoms with E-state index in [4.69, 9.17) is 18.9 Å². The maximum atomic E-state index is 12.1. The third kappa shape index (κ3) is 4.59. The number of benzene rings is 1. The first-order chi connectivity index (χ1) is 10.7. The van der Waals surface area contributed by atoms with Crippen molar-refractivity contribution in [3.8, 4) is 11.5 Å². The second-order valence-electron chi connectivity index (χ2n) is 4.76. The van der Waals surface area contributed by atoms with E-state index in [1.165, 1.54) is 0 Å². The van der Waals surface area contributed by atoms with Gasteiger partial charge in [-0.05, 0) is 12.1 Å². The van der Waals surface area contributed by atoms with Crippen LogP contribution in [0.4, 0.5) is 5.69 Å². The maximum absolute atomic E-state index is 12.1. The highest BCUT2D eigenvalue weighted by Gasteiger charge is 2.22. The smallest absolute Gasteiger partial charge is 0.254 e.